The van der Waals surface area contributed by atoms with Crippen molar-refractivity contribution in [1.29, 1.82) is 0 Å². The van der Waals surface area contributed by atoms with Gasteiger partial charge in [-0.3, -0.25) is 9.78 Å². The van der Waals surface area contributed by atoms with E-state index in [2.05, 4.69) is 32.0 Å². The van der Waals surface area contributed by atoms with Gasteiger partial charge in [-0.2, -0.15) is 0 Å². The molecule has 2 N–H and O–H groups in total. The average Bonchev–Trinajstić information content (AvgIpc) is 3.46. The molecule has 2 saturated carbocycles. The van der Waals surface area contributed by atoms with Crippen LogP contribution in [0.3, 0.4) is 0 Å². The van der Waals surface area contributed by atoms with Crippen LogP contribution in [0, 0.1) is 23.7 Å². The van der Waals surface area contributed by atoms with Gasteiger partial charge in [0.15, 0.2) is 0 Å². The zero-order valence-corrected chi connectivity index (χ0v) is 13.1. The second-order valence-electron chi connectivity index (χ2n) is 6.40. The van der Waals surface area contributed by atoms with E-state index < -0.39 is 23.6 Å². The molecule has 0 aromatic carbocycles. The highest BCUT2D eigenvalue weighted by atomic mass is 19.3. The zero-order chi connectivity index (χ0) is 17.6. The topological polar surface area (TPSA) is 91.5 Å². The summed E-state index contributed by atoms with van der Waals surface area (Å²) in [5, 5.41) is 8.06. The molecule has 0 amide bonds. The molecule has 8 heteroatoms. The Morgan fingerprint density at radius 2 is 2.04 bits per heavy atom. The molecule has 0 radical (unpaired) electrons. The van der Waals surface area contributed by atoms with Crippen molar-refractivity contribution < 1.29 is 8.78 Å². The molecule has 2 aromatic heterocycles. The lowest BCUT2D eigenvalue weighted by Gasteiger charge is -2.06. The molecule has 2 fully saturated rings. The predicted octanol–water partition coefficient (Wildman–Crippen LogP) is 1.65. The molecule has 0 bridgehead atoms. The van der Waals surface area contributed by atoms with Gasteiger partial charge in [0.2, 0.25) is 6.43 Å². The number of hydrogen-bond donors (Lipinski definition) is 2. The summed E-state index contributed by atoms with van der Waals surface area (Å²) >= 11 is 0. The Morgan fingerprint density at radius 1 is 1.24 bits per heavy atom. The Balaban J connectivity index is 1.76. The molecule has 25 heavy (non-hydrogen) atoms. The summed E-state index contributed by atoms with van der Waals surface area (Å²) in [6, 6.07) is 1.58. The van der Waals surface area contributed by atoms with Crippen LogP contribution in [-0.4, -0.2) is 26.6 Å². The largest absolute Gasteiger partial charge is 0.325 e. The summed E-state index contributed by atoms with van der Waals surface area (Å²) in [5.41, 5.74) is 0.100. The summed E-state index contributed by atoms with van der Waals surface area (Å²) in [7, 11) is 0. The quantitative estimate of drug-likeness (QED) is 0.828. The van der Waals surface area contributed by atoms with E-state index >= 15 is 0 Å². The van der Waals surface area contributed by atoms with E-state index in [1.807, 2.05) is 0 Å². The predicted molar refractivity (Wildman–Crippen MR) is 85.2 cm³/mol. The number of alkyl halides is 2. The van der Waals surface area contributed by atoms with Gasteiger partial charge in [-0.15, -0.1) is 10.2 Å². The molecule has 2 aliphatic carbocycles. The maximum atomic E-state index is 13.0. The minimum absolute atomic E-state index is 0.129. The number of aromatic amines is 2. The molecule has 0 saturated heterocycles. The molecule has 0 aliphatic heterocycles. The van der Waals surface area contributed by atoms with E-state index in [4.69, 9.17) is 0 Å². The van der Waals surface area contributed by atoms with Gasteiger partial charge < -0.3 is 4.98 Å². The van der Waals surface area contributed by atoms with Crippen molar-refractivity contribution in [2.45, 2.75) is 31.6 Å². The highest BCUT2D eigenvalue weighted by molar-refractivity contribution is 5.59. The van der Waals surface area contributed by atoms with Gasteiger partial charge in [-0.25, -0.2) is 13.6 Å². The first-order chi connectivity index (χ1) is 12.0. The number of hydrogen-bond acceptors (Lipinski definition) is 4. The van der Waals surface area contributed by atoms with Crippen molar-refractivity contribution in [1.82, 2.24) is 20.2 Å². The molecule has 128 valence electrons. The molecule has 2 aliphatic rings. The lowest BCUT2D eigenvalue weighted by molar-refractivity contribution is 0.120. The Labute approximate surface area is 140 Å². The second-order valence-corrected chi connectivity index (χ2v) is 6.40. The van der Waals surface area contributed by atoms with Crippen LogP contribution in [0.25, 0.3) is 11.3 Å². The smallest absolute Gasteiger partial charge is 0.313 e. The summed E-state index contributed by atoms with van der Waals surface area (Å²) < 4.78 is 26.0. The van der Waals surface area contributed by atoms with E-state index in [-0.39, 0.29) is 17.2 Å². The average molecular weight is 344 g/mol. The van der Waals surface area contributed by atoms with Crippen LogP contribution in [0.15, 0.2) is 21.9 Å². The Kier molecular flexibility index (Phi) is 3.71. The number of nitrogens with one attached hydrogen (secondary N) is 2. The third kappa shape index (κ3) is 3.22. The summed E-state index contributed by atoms with van der Waals surface area (Å²) in [6.07, 6.45) is 1.29. The fourth-order valence-electron chi connectivity index (χ4n) is 2.77. The third-order valence-electron chi connectivity index (χ3n) is 4.45. The van der Waals surface area contributed by atoms with E-state index in [1.54, 1.807) is 6.07 Å². The van der Waals surface area contributed by atoms with Gasteiger partial charge in [0.1, 0.15) is 11.4 Å². The van der Waals surface area contributed by atoms with Crippen molar-refractivity contribution in [3.63, 3.8) is 0 Å². The molecule has 2 atom stereocenters. The molecule has 4 rings (SSSR count). The second kappa shape index (κ2) is 5.92. The minimum atomic E-state index is -2.40. The SMILES string of the molecule is O=c1[nH]cc(-c2cc([C@@H]3C[C@H]3C(F)F)c(C#CC3CC3)nn2)c(=O)[nH]1. The van der Waals surface area contributed by atoms with Crippen LogP contribution in [-0.2, 0) is 0 Å². The normalized spacial score (nSPS) is 21.7. The van der Waals surface area contributed by atoms with E-state index in [9.17, 15) is 18.4 Å². The van der Waals surface area contributed by atoms with Crippen LogP contribution < -0.4 is 11.2 Å². The van der Waals surface area contributed by atoms with Crippen molar-refractivity contribution in [3.8, 4) is 23.1 Å². The van der Waals surface area contributed by atoms with Crippen LogP contribution in [0.5, 0.6) is 0 Å². The van der Waals surface area contributed by atoms with Gasteiger partial charge in [0, 0.05) is 18.0 Å². The number of halogens is 2. The first kappa shape index (κ1) is 15.7. The molecular weight excluding hydrogens is 330 g/mol. The molecule has 6 nitrogen and oxygen atoms in total. The van der Waals surface area contributed by atoms with Gasteiger partial charge in [-0.1, -0.05) is 5.92 Å². The number of rotatable bonds is 3. The molecule has 2 aromatic rings. The van der Waals surface area contributed by atoms with E-state index in [0.29, 0.717) is 23.6 Å². The zero-order valence-electron chi connectivity index (χ0n) is 13.1. The lowest BCUT2D eigenvalue weighted by Crippen LogP contribution is -2.23. The Bertz CT molecular complexity index is 998. The van der Waals surface area contributed by atoms with Crippen LogP contribution in [0.4, 0.5) is 8.78 Å². The summed E-state index contributed by atoms with van der Waals surface area (Å²) in [5.74, 6) is 5.31. The first-order valence-corrected chi connectivity index (χ1v) is 8.02. The Hall–Kier alpha value is -2.82. The van der Waals surface area contributed by atoms with E-state index in [1.165, 1.54) is 6.20 Å². The third-order valence-corrected chi connectivity index (χ3v) is 4.45. The first-order valence-electron chi connectivity index (χ1n) is 8.02. The summed E-state index contributed by atoms with van der Waals surface area (Å²) in [6.45, 7) is 0. The maximum Gasteiger partial charge on any atom is 0.325 e. The molecule has 0 spiro atoms. The van der Waals surface area contributed by atoms with Crippen molar-refractivity contribution in [3.05, 3.63) is 44.4 Å². The maximum absolute atomic E-state index is 13.0. The van der Waals surface area contributed by atoms with E-state index in [0.717, 1.165) is 12.8 Å². The lowest BCUT2D eigenvalue weighted by atomic mass is 10.0. The van der Waals surface area contributed by atoms with Gasteiger partial charge in [-0.05, 0) is 42.7 Å². The van der Waals surface area contributed by atoms with Crippen LogP contribution in [0.2, 0.25) is 0 Å². The van der Waals surface area contributed by atoms with Crippen molar-refractivity contribution in [2.75, 3.05) is 0 Å². The van der Waals surface area contributed by atoms with Gasteiger partial charge in [0.05, 0.1) is 5.56 Å². The van der Waals surface area contributed by atoms with Crippen LogP contribution >= 0.6 is 0 Å². The number of nitrogens with zero attached hydrogens (tertiary/aromatic N) is 2. The minimum Gasteiger partial charge on any atom is -0.313 e. The molecule has 2 heterocycles. The van der Waals surface area contributed by atoms with Gasteiger partial charge in [0.25, 0.3) is 5.56 Å². The molecular formula is C17H14F2N4O2. The fourth-order valence-corrected chi connectivity index (χ4v) is 2.77. The van der Waals surface area contributed by atoms with Crippen LogP contribution in [0.1, 0.15) is 36.4 Å². The molecule has 0 unspecified atom stereocenters. The number of H-pyrrole nitrogens is 2. The summed E-state index contributed by atoms with van der Waals surface area (Å²) in [4.78, 5) is 27.5. The number of aromatic nitrogens is 4. The monoisotopic (exact) mass is 344 g/mol. The standard InChI is InChI=1S/C17H14F2N4O2/c18-15(19)11-5-9(11)10-6-14(12-7-20-17(25)21-16(12)24)23-22-13(10)4-3-8-1-2-8/h6-9,11,15H,1-2,5H2,(H2,20,21,24,25)/t9-,11+/m0/s1. The van der Waals surface area contributed by atoms with Crippen molar-refractivity contribution >= 4 is 0 Å². The Morgan fingerprint density at radius 3 is 2.68 bits per heavy atom. The fraction of sp³-hybridized carbons (Fsp3) is 0.412. The van der Waals surface area contributed by atoms with Gasteiger partial charge >= 0.3 is 5.69 Å². The highest BCUT2D eigenvalue weighted by Crippen LogP contribution is 2.51. The van der Waals surface area contributed by atoms with Crippen molar-refractivity contribution in [2.24, 2.45) is 11.8 Å². The highest BCUT2D eigenvalue weighted by Gasteiger charge is 2.46.